The first-order chi connectivity index (χ1) is 12.6. The van der Waals surface area contributed by atoms with Gasteiger partial charge in [0.25, 0.3) is 0 Å². The van der Waals surface area contributed by atoms with Crippen LogP contribution in [0.1, 0.15) is 37.6 Å². The van der Waals surface area contributed by atoms with Gasteiger partial charge in [-0.1, -0.05) is 13.0 Å². The van der Waals surface area contributed by atoms with Crippen LogP contribution in [0.4, 0.5) is 8.78 Å². The predicted molar refractivity (Wildman–Crippen MR) is 95.6 cm³/mol. The smallest absolute Gasteiger partial charge is 0.242 e. The quantitative estimate of drug-likeness (QED) is 0.789. The van der Waals surface area contributed by atoms with Crippen molar-refractivity contribution in [2.45, 2.75) is 45.6 Å². The highest BCUT2D eigenvalue weighted by Gasteiger charge is 2.24. The van der Waals surface area contributed by atoms with Crippen LogP contribution in [0, 0.1) is 17.6 Å². The van der Waals surface area contributed by atoms with Gasteiger partial charge in [-0.3, -0.25) is 4.79 Å². The first kappa shape index (κ1) is 18.5. The number of carbonyl (C=O) groups is 1. The zero-order valence-corrected chi connectivity index (χ0v) is 15.1. The molecule has 6 heteroatoms. The van der Waals surface area contributed by atoms with Crippen LogP contribution in [-0.4, -0.2) is 33.4 Å². The second kappa shape index (κ2) is 8.43. The number of imidazole rings is 1. The van der Waals surface area contributed by atoms with Crippen LogP contribution in [0.2, 0.25) is 0 Å². The third-order valence-corrected chi connectivity index (χ3v) is 5.13. The molecule has 1 atom stereocenters. The minimum atomic E-state index is -0.549. The summed E-state index contributed by atoms with van der Waals surface area (Å²) in [5.74, 6) is 0.340. The zero-order valence-electron chi connectivity index (χ0n) is 15.1. The average Bonchev–Trinajstić information content (AvgIpc) is 3.08. The Bertz CT molecular complexity index is 759. The SMILES string of the molecule is CCc1nccn1CC(=O)N1CCC[C@H](CCc2ccc(F)cc2F)C1. The number of aromatic nitrogens is 2. The van der Waals surface area contributed by atoms with Gasteiger partial charge < -0.3 is 9.47 Å². The summed E-state index contributed by atoms with van der Waals surface area (Å²) >= 11 is 0. The zero-order chi connectivity index (χ0) is 18.5. The second-order valence-electron chi connectivity index (χ2n) is 6.95. The van der Waals surface area contributed by atoms with Crippen molar-refractivity contribution >= 4 is 5.91 Å². The average molecular weight is 361 g/mol. The molecular formula is C20H25F2N3O. The van der Waals surface area contributed by atoms with E-state index >= 15 is 0 Å². The maximum atomic E-state index is 13.8. The molecule has 1 aliphatic heterocycles. The van der Waals surface area contributed by atoms with E-state index < -0.39 is 11.6 Å². The summed E-state index contributed by atoms with van der Waals surface area (Å²) in [5, 5.41) is 0. The number of halogens is 2. The Morgan fingerprint density at radius 2 is 2.19 bits per heavy atom. The van der Waals surface area contributed by atoms with E-state index in [2.05, 4.69) is 4.98 Å². The van der Waals surface area contributed by atoms with Crippen molar-refractivity contribution in [3.63, 3.8) is 0 Å². The van der Waals surface area contributed by atoms with Gasteiger partial charge >= 0.3 is 0 Å². The topological polar surface area (TPSA) is 38.1 Å². The molecule has 1 saturated heterocycles. The lowest BCUT2D eigenvalue weighted by Crippen LogP contribution is -2.41. The molecule has 4 nitrogen and oxygen atoms in total. The molecule has 0 saturated carbocycles. The van der Waals surface area contributed by atoms with Gasteiger partial charge in [-0.2, -0.15) is 0 Å². The monoisotopic (exact) mass is 361 g/mol. The molecular weight excluding hydrogens is 336 g/mol. The first-order valence-corrected chi connectivity index (χ1v) is 9.28. The van der Waals surface area contributed by atoms with Crippen LogP contribution in [-0.2, 0) is 24.2 Å². The largest absolute Gasteiger partial charge is 0.341 e. The van der Waals surface area contributed by atoms with E-state index in [9.17, 15) is 13.6 Å². The number of hydrogen-bond acceptors (Lipinski definition) is 2. The van der Waals surface area contributed by atoms with Crippen molar-refractivity contribution in [2.24, 2.45) is 5.92 Å². The molecule has 0 bridgehead atoms. The molecule has 1 aromatic heterocycles. The number of rotatable bonds is 6. The summed E-state index contributed by atoms with van der Waals surface area (Å²) in [5.41, 5.74) is 0.542. The fourth-order valence-electron chi connectivity index (χ4n) is 3.66. The summed E-state index contributed by atoms with van der Waals surface area (Å²) in [6, 6.07) is 3.75. The normalized spacial score (nSPS) is 17.5. The molecule has 2 heterocycles. The van der Waals surface area contributed by atoms with Crippen LogP contribution in [0.3, 0.4) is 0 Å². The van der Waals surface area contributed by atoms with Crippen LogP contribution < -0.4 is 0 Å². The van der Waals surface area contributed by atoms with Crippen molar-refractivity contribution in [1.29, 1.82) is 0 Å². The van der Waals surface area contributed by atoms with Gasteiger partial charge in [0.15, 0.2) is 0 Å². The Labute approximate surface area is 152 Å². The summed E-state index contributed by atoms with van der Waals surface area (Å²) in [6.07, 6.45) is 7.74. The Kier molecular flexibility index (Phi) is 6.01. The van der Waals surface area contributed by atoms with E-state index in [4.69, 9.17) is 0 Å². The maximum absolute atomic E-state index is 13.8. The molecule has 26 heavy (non-hydrogen) atoms. The number of amides is 1. The first-order valence-electron chi connectivity index (χ1n) is 9.28. The Balaban J connectivity index is 1.54. The Hall–Kier alpha value is -2.24. The molecule has 0 unspecified atom stereocenters. The molecule has 0 spiro atoms. The number of aryl methyl sites for hydroxylation is 2. The Morgan fingerprint density at radius 3 is 2.96 bits per heavy atom. The van der Waals surface area contributed by atoms with Gasteiger partial charge in [-0.05, 0) is 43.2 Å². The van der Waals surface area contributed by atoms with Crippen LogP contribution in [0.15, 0.2) is 30.6 Å². The van der Waals surface area contributed by atoms with Gasteiger partial charge in [0, 0.05) is 38.0 Å². The molecule has 2 aromatic rings. The number of piperidine rings is 1. The minimum Gasteiger partial charge on any atom is -0.341 e. The second-order valence-corrected chi connectivity index (χ2v) is 6.95. The summed E-state index contributed by atoms with van der Waals surface area (Å²) in [7, 11) is 0. The van der Waals surface area contributed by atoms with Crippen molar-refractivity contribution < 1.29 is 13.6 Å². The van der Waals surface area contributed by atoms with Crippen molar-refractivity contribution in [2.75, 3.05) is 13.1 Å². The third-order valence-electron chi connectivity index (χ3n) is 5.13. The molecule has 0 aliphatic carbocycles. The molecule has 140 valence electrons. The highest BCUT2D eigenvalue weighted by molar-refractivity contribution is 5.76. The molecule has 1 aromatic carbocycles. The standard InChI is InChI=1S/C20H25F2N3O/c1-2-19-23-9-11-24(19)14-20(26)25-10-3-4-15(13-25)5-6-16-7-8-17(21)12-18(16)22/h7-9,11-12,15H,2-6,10,13-14H2,1H3/t15-/m1/s1. The summed E-state index contributed by atoms with van der Waals surface area (Å²) < 4.78 is 28.7. The number of hydrogen-bond donors (Lipinski definition) is 0. The van der Waals surface area contributed by atoms with Crippen molar-refractivity contribution in [1.82, 2.24) is 14.5 Å². The van der Waals surface area contributed by atoms with Gasteiger partial charge in [0.05, 0.1) is 0 Å². The molecule has 3 rings (SSSR count). The van der Waals surface area contributed by atoms with Gasteiger partial charge in [0.2, 0.25) is 5.91 Å². The van der Waals surface area contributed by atoms with E-state index in [1.807, 2.05) is 22.6 Å². The number of likely N-dealkylation sites (tertiary alicyclic amines) is 1. The maximum Gasteiger partial charge on any atom is 0.242 e. The van der Waals surface area contributed by atoms with Crippen molar-refractivity contribution in [3.8, 4) is 0 Å². The molecule has 1 fully saturated rings. The fourth-order valence-corrected chi connectivity index (χ4v) is 3.66. The highest BCUT2D eigenvalue weighted by atomic mass is 19.1. The van der Waals surface area contributed by atoms with E-state index in [1.54, 1.807) is 6.20 Å². The Morgan fingerprint density at radius 1 is 1.35 bits per heavy atom. The van der Waals surface area contributed by atoms with E-state index in [0.717, 1.165) is 44.1 Å². The number of benzene rings is 1. The number of nitrogens with zero attached hydrogens (tertiary/aromatic N) is 3. The van der Waals surface area contributed by atoms with Crippen LogP contribution in [0.5, 0.6) is 0 Å². The van der Waals surface area contributed by atoms with E-state index in [-0.39, 0.29) is 5.91 Å². The molecule has 0 N–H and O–H groups in total. The van der Waals surface area contributed by atoms with Crippen LogP contribution >= 0.6 is 0 Å². The lowest BCUT2D eigenvalue weighted by Gasteiger charge is -2.33. The fraction of sp³-hybridized carbons (Fsp3) is 0.500. The van der Waals surface area contributed by atoms with Gasteiger partial charge in [-0.25, -0.2) is 13.8 Å². The predicted octanol–water partition coefficient (Wildman–Crippen LogP) is 3.60. The highest BCUT2D eigenvalue weighted by Crippen LogP contribution is 2.23. The van der Waals surface area contributed by atoms with Gasteiger partial charge in [-0.15, -0.1) is 0 Å². The molecule has 1 amide bonds. The third kappa shape index (κ3) is 4.48. The van der Waals surface area contributed by atoms with Crippen LogP contribution in [0.25, 0.3) is 0 Å². The lowest BCUT2D eigenvalue weighted by atomic mass is 9.91. The van der Waals surface area contributed by atoms with E-state index in [0.29, 0.717) is 31.0 Å². The van der Waals surface area contributed by atoms with Crippen molar-refractivity contribution in [3.05, 3.63) is 53.6 Å². The number of carbonyl (C=O) groups excluding carboxylic acids is 1. The van der Waals surface area contributed by atoms with E-state index in [1.165, 1.54) is 12.1 Å². The summed E-state index contributed by atoms with van der Waals surface area (Å²) in [4.78, 5) is 18.8. The summed E-state index contributed by atoms with van der Waals surface area (Å²) in [6.45, 7) is 3.82. The molecule has 1 aliphatic rings. The molecule has 0 radical (unpaired) electrons. The minimum absolute atomic E-state index is 0.107. The van der Waals surface area contributed by atoms with Gasteiger partial charge in [0.1, 0.15) is 24.0 Å². The lowest BCUT2D eigenvalue weighted by molar-refractivity contribution is -0.133.